The third-order valence-electron chi connectivity index (χ3n) is 6.84. The Morgan fingerprint density at radius 2 is 1.80 bits per heavy atom. The molecule has 0 aliphatic carbocycles. The molecule has 13 heteroatoms. The maximum Gasteiger partial charge on any atom is 0.407 e. The van der Waals surface area contributed by atoms with Crippen LogP contribution in [0.2, 0.25) is 0 Å². The number of rotatable bonds is 8. The van der Waals surface area contributed by atoms with Crippen LogP contribution in [0.3, 0.4) is 0 Å². The average Bonchev–Trinajstić information content (AvgIpc) is 3.29. The van der Waals surface area contributed by atoms with E-state index in [1.165, 1.54) is 10.6 Å². The Morgan fingerprint density at radius 1 is 1.07 bits per heavy atom. The summed E-state index contributed by atoms with van der Waals surface area (Å²) in [6.07, 6.45) is 4.73. The Labute approximate surface area is 235 Å². The Balaban J connectivity index is 1.65. The summed E-state index contributed by atoms with van der Waals surface area (Å²) in [6.45, 7) is 8.29. The molecule has 3 heterocycles. The third kappa shape index (κ3) is 7.39. The molecule has 1 atom stereocenters. The fraction of sp³-hybridized carbons (Fsp3) is 0.500. The maximum absolute atomic E-state index is 14.4. The quantitative estimate of drug-likeness (QED) is 0.412. The molecule has 1 saturated heterocycles. The molecular formula is C28H35F3N6O4. The van der Waals surface area contributed by atoms with Gasteiger partial charge >= 0.3 is 11.8 Å². The summed E-state index contributed by atoms with van der Waals surface area (Å²) in [6, 6.07) is 2.04. The standard InChI is InChI=1S/C28H35F3N6O4/c1-18-14-32-17-35(18)9-6-10-36-24(34-8-5-7-20(16-34)33-26(39)41-28(2,3)4)13-25(38)37(27(36)40)15-19-11-22(30)23(31)12-21(19)29/h11-14,17,20H,5-10,15-16H2,1-4H3,(H,33,39)/t20-/m1/s1. The number of piperidine rings is 1. The lowest BCUT2D eigenvalue weighted by Crippen LogP contribution is -2.51. The van der Waals surface area contributed by atoms with Gasteiger partial charge in [0.1, 0.15) is 17.2 Å². The SMILES string of the molecule is Cc1cncn1CCCn1c(N2CCC[C@@H](NC(=O)OC(C)(C)C)C2)cc(=O)n(Cc2cc(F)c(F)cc2F)c1=O. The van der Waals surface area contributed by atoms with E-state index in [9.17, 15) is 27.6 Å². The second-order valence-electron chi connectivity index (χ2n) is 11.2. The Bertz CT molecular complexity index is 1520. The van der Waals surface area contributed by atoms with Crippen molar-refractivity contribution in [3.63, 3.8) is 0 Å². The number of benzene rings is 1. The molecule has 0 spiro atoms. The highest BCUT2D eigenvalue weighted by Gasteiger charge is 2.27. The van der Waals surface area contributed by atoms with E-state index < -0.39 is 46.9 Å². The number of nitrogens with zero attached hydrogens (tertiary/aromatic N) is 5. The van der Waals surface area contributed by atoms with E-state index in [1.54, 1.807) is 33.3 Å². The van der Waals surface area contributed by atoms with Crippen LogP contribution in [0, 0.1) is 24.4 Å². The summed E-state index contributed by atoms with van der Waals surface area (Å²) < 4.78 is 51.2. The van der Waals surface area contributed by atoms with Crippen LogP contribution in [-0.4, -0.2) is 49.5 Å². The number of hydrogen-bond donors (Lipinski definition) is 1. The summed E-state index contributed by atoms with van der Waals surface area (Å²) in [5, 5.41) is 2.86. The molecule has 4 rings (SSSR count). The number of alkyl carbamates (subject to hydrolysis) is 1. The second kappa shape index (κ2) is 12.2. The Kier molecular flexibility index (Phi) is 8.93. The number of anilines is 1. The van der Waals surface area contributed by atoms with Crippen molar-refractivity contribution < 1.29 is 22.7 Å². The van der Waals surface area contributed by atoms with Gasteiger partial charge in [-0.15, -0.1) is 0 Å². The zero-order valence-corrected chi connectivity index (χ0v) is 23.6. The van der Waals surface area contributed by atoms with Crippen molar-refractivity contribution in [2.45, 2.75) is 78.2 Å². The molecule has 1 fully saturated rings. The molecule has 2 aromatic heterocycles. The summed E-state index contributed by atoms with van der Waals surface area (Å²) in [5.41, 5.74) is -1.46. The Hall–Kier alpha value is -4.03. The first-order chi connectivity index (χ1) is 19.3. The number of carbonyl (C=O) groups is 1. The number of halogens is 3. The maximum atomic E-state index is 14.4. The minimum atomic E-state index is -1.36. The number of ether oxygens (including phenoxy) is 1. The molecule has 0 saturated carbocycles. The lowest BCUT2D eigenvalue weighted by atomic mass is 10.1. The van der Waals surface area contributed by atoms with Gasteiger partial charge in [-0.05, 0) is 53.0 Å². The minimum absolute atomic E-state index is 0.215. The molecule has 41 heavy (non-hydrogen) atoms. The highest BCUT2D eigenvalue weighted by molar-refractivity contribution is 5.68. The van der Waals surface area contributed by atoms with Crippen molar-refractivity contribution in [1.82, 2.24) is 24.0 Å². The number of imidazole rings is 1. The van der Waals surface area contributed by atoms with Gasteiger partial charge in [-0.25, -0.2) is 27.7 Å². The van der Waals surface area contributed by atoms with Gasteiger partial charge in [-0.3, -0.25) is 13.9 Å². The zero-order valence-electron chi connectivity index (χ0n) is 23.6. The lowest BCUT2D eigenvalue weighted by molar-refractivity contribution is 0.0500. The normalized spacial score (nSPS) is 15.7. The summed E-state index contributed by atoms with van der Waals surface area (Å²) >= 11 is 0. The molecule has 1 aromatic carbocycles. The molecule has 1 N–H and O–H groups in total. The predicted molar refractivity (Wildman–Crippen MR) is 147 cm³/mol. The average molecular weight is 577 g/mol. The van der Waals surface area contributed by atoms with Crippen LogP contribution in [-0.2, 0) is 24.4 Å². The number of nitrogens with one attached hydrogen (secondary N) is 1. The van der Waals surface area contributed by atoms with E-state index in [4.69, 9.17) is 4.74 Å². The largest absolute Gasteiger partial charge is 0.444 e. The number of aromatic nitrogens is 4. The highest BCUT2D eigenvalue weighted by atomic mass is 19.2. The lowest BCUT2D eigenvalue weighted by Gasteiger charge is -2.36. The van der Waals surface area contributed by atoms with Gasteiger partial charge in [0.15, 0.2) is 11.6 Å². The van der Waals surface area contributed by atoms with E-state index in [0.29, 0.717) is 56.8 Å². The van der Waals surface area contributed by atoms with Crippen molar-refractivity contribution in [3.05, 3.63) is 80.3 Å². The molecule has 1 aliphatic rings. The van der Waals surface area contributed by atoms with E-state index in [1.807, 2.05) is 16.4 Å². The Morgan fingerprint density at radius 3 is 2.49 bits per heavy atom. The first-order valence-electron chi connectivity index (χ1n) is 13.5. The monoisotopic (exact) mass is 576 g/mol. The fourth-order valence-corrected chi connectivity index (χ4v) is 4.87. The van der Waals surface area contributed by atoms with Gasteiger partial charge in [-0.2, -0.15) is 0 Å². The van der Waals surface area contributed by atoms with E-state index in [0.717, 1.165) is 10.3 Å². The van der Waals surface area contributed by atoms with E-state index in [-0.39, 0.29) is 18.2 Å². The molecule has 0 radical (unpaired) electrons. The van der Waals surface area contributed by atoms with Gasteiger partial charge in [0, 0.05) is 61.8 Å². The number of amides is 1. The predicted octanol–water partition coefficient (Wildman–Crippen LogP) is 3.56. The van der Waals surface area contributed by atoms with E-state index >= 15 is 0 Å². The van der Waals surface area contributed by atoms with Gasteiger partial charge in [-0.1, -0.05) is 0 Å². The molecule has 0 unspecified atom stereocenters. The van der Waals surface area contributed by atoms with Crippen LogP contribution >= 0.6 is 0 Å². The van der Waals surface area contributed by atoms with Crippen molar-refractivity contribution in [3.8, 4) is 0 Å². The molecule has 1 amide bonds. The summed E-state index contributed by atoms with van der Waals surface area (Å²) in [5.74, 6) is -3.34. The first-order valence-corrected chi connectivity index (χ1v) is 13.5. The van der Waals surface area contributed by atoms with Gasteiger partial charge in [0.2, 0.25) is 0 Å². The van der Waals surface area contributed by atoms with Crippen molar-refractivity contribution in [2.24, 2.45) is 0 Å². The molecule has 222 valence electrons. The number of aryl methyl sites for hydroxylation is 2. The first kappa shape index (κ1) is 29.9. The summed E-state index contributed by atoms with van der Waals surface area (Å²) in [7, 11) is 0. The highest BCUT2D eigenvalue weighted by Crippen LogP contribution is 2.20. The summed E-state index contributed by atoms with van der Waals surface area (Å²) in [4.78, 5) is 45.2. The molecule has 1 aliphatic heterocycles. The smallest absolute Gasteiger partial charge is 0.407 e. The van der Waals surface area contributed by atoms with Crippen LogP contribution in [0.15, 0.2) is 40.3 Å². The number of hydrogen-bond acceptors (Lipinski definition) is 6. The van der Waals surface area contributed by atoms with E-state index in [2.05, 4.69) is 10.3 Å². The zero-order chi connectivity index (χ0) is 29.9. The molecular weight excluding hydrogens is 541 g/mol. The van der Waals surface area contributed by atoms with Crippen molar-refractivity contribution in [2.75, 3.05) is 18.0 Å². The molecule has 10 nitrogen and oxygen atoms in total. The van der Waals surface area contributed by atoms with Gasteiger partial charge in [0.25, 0.3) is 5.56 Å². The fourth-order valence-electron chi connectivity index (χ4n) is 4.87. The van der Waals surface area contributed by atoms with Crippen molar-refractivity contribution in [1.29, 1.82) is 0 Å². The number of carbonyl (C=O) groups excluding carboxylic acids is 1. The minimum Gasteiger partial charge on any atom is -0.444 e. The van der Waals surface area contributed by atoms with Crippen LogP contribution in [0.25, 0.3) is 0 Å². The molecule has 0 bridgehead atoms. The van der Waals surface area contributed by atoms with Crippen LogP contribution in [0.1, 0.15) is 51.3 Å². The van der Waals surface area contributed by atoms with Gasteiger partial charge < -0.3 is 19.5 Å². The topological polar surface area (TPSA) is 103 Å². The van der Waals surface area contributed by atoms with Gasteiger partial charge in [0.05, 0.1) is 12.9 Å². The van der Waals surface area contributed by atoms with Crippen molar-refractivity contribution >= 4 is 11.9 Å². The molecule has 3 aromatic rings. The third-order valence-corrected chi connectivity index (χ3v) is 6.84. The van der Waals surface area contributed by atoms with Crippen LogP contribution in [0.4, 0.5) is 23.8 Å². The second-order valence-corrected chi connectivity index (χ2v) is 11.2. The van der Waals surface area contributed by atoms with Crippen LogP contribution in [0.5, 0.6) is 0 Å². The van der Waals surface area contributed by atoms with Crippen LogP contribution < -0.4 is 21.5 Å².